The first-order valence-corrected chi connectivity index (χ1v) is 10.3. The first kappa shape index (κ1) is 23.3. The number of hydrogen-bond acceptors (Lipinski definition) is 3. The Morgan fingerprint density at radius 3 is 2.12 bits per heavy atom. The maximum atomic E-state index is 11.4. The highest BCUT2D eigenvalue weighted by Crippen LogP contribution is 2.22. The number of thiocarbonyl (C=S) groups is 1. The van der Waals surface area contributed by atoms with Crippen molar-refractivity contribution < 1.29 is 9.90 Å². The van der Waals surface area contributed by atoms with Gasteiger partial charge in [-0.1, -0.05) is 78.1 Å². The summed E-state index contributed by atoms with van der Waals surface area (Å²) < 4.78 is 0. The minimum atomic E-state index is -0.666. The largest absolute Gasteiger partial charge is 0.481 e. The standard InChI is InChI=1S/C20H37NO2S/c1-3-4-5-6-7-8-9-10-11-13-18(2)16-19(20(22)23)14-12-15-21-17-24/h18-19H,3-16H2,1-2H3,(H,22,23). The molecule has 0 aromatic carbocycles. The number of rotatable bonds is 17. The lowest BCUT2D eigenvalue weighted by molar-refractivity contribution is -0.142. The number of aliphatic carboxylic acids is 1. The predicted molar refractivity (Wildman–Crippen MR) is 106 cm³/mol. The lowest BCUT2D eigenvalue weighted by Gasteiger charge is -2.17. The van der Waals surface area contributed by atoms with Crippen molar-refractivity contribution in [3.05, 3.63) is 0 Å². The molecule has 0 aliphatic rings. The Morgan fingerprint density at radius 2 is 1.58 bits per heavy atom. The fraction of sp³-hybridized carbons (Fsp3) is 0.900. The zero-order chi connectivity index (χ0) is 18.0. The van der Waals surface area contributed by atoms with Crippen LogP contribution in [0.15, 0.2) is 4.99 Å². The van der Waals surface area contributed by atoms with Gasteiger partial charge in [-0.05, 0) is 37.4 Å². The smallest absolute Gasteiger partial charge is 0.306 e. The molecule has 2 unspecified atom stereocenters. The molecule has 0 spiro atoms. The van der Waals surface area contributed by atoms with Crippen molar-refractivity contribution in [3.8, 4) is 0 Å². The number of carbonyl (C=O) groups is 1. The average Bonchev–Trinajstić information content (AvgIpc) is 2.56. The lowest BCUT2D eigenvalue weighted by Crippen LogP contribution is -2.17. The molecule has 0 aromatic rings. The van der Waals surface area contributed by atoms with E-state index < -0.39 is 5.97 Å². The number of nitrogens with zero attached hydrogens (tertiary/aromatic N) is 1. The molecule has 0 aliphatic heterocycles. The van der Waals surface area contributed by atoms with E-state index in [0.29, 0.717) is 18.9 Å². The second-order valence-corrected chi connectivity index (χ2v) is 7.29. The van der Waals surface area contributed by atoms with Crippen molar-refractivity contribution in [1.29, 1.82) is 0 Å². The number of hydrogen-bond donors (Lipinski definition) is 1. The van der Waals surface area contributed by atoms with Gasteiger partial charge < -0.3 is 5.11 Å². The van der Waals surface area contributed by atoms with Crippen molar-refractivity contribution in [2.45, 2.75) is 97.3 Å². The lowest BCUT2D eigenvalue weighted by atomic mass is 9.89. The molecule has 2 atom stereocenters. The molecule has 0 aliphatic carbocycles. The summed E-state index contributed by atoms with van der Waals surface area (Å²) in [6, 6.07) is 0. The van der Waals surface area contributed by atoms with Gasteiger partial charge in [-0.2, -0.15) is 0 Å². The summed E-state index contributed by atoms with van der Waals surface area (Å²) in [5.74, 6) is -0.413. The van der Waals surface area contributed by atoms with E-state index in [1.807, 2.05) is 0 Å². The maximum absolute atomic E-state index is 11.4. The zero-order valence-electron chi connectivity index (χ0n) is 15.8. The van der Waals surface area contributed by atoms with Crippen molar-refractivity contribution in [3.63, 3.8) is 0 Å². The van der Waals surface area contributed by atoms with E-state index in [4.69, 9.17) is 0 Å². The van der Waals surface area contributed by atoms with Crippen LogP contribution in [0.1, 0.15) is 97.3 Å². The van der Waals surface area contributed by atoms with Crippen molar-refractivity contribution in [1.82, 2.24) is 0 Å². The molecular formula is C20H37NO2S. The maximum Gasteiger partial charge on any atom is 0.306 e. The first-order chi connectivity index (χ1) is 11.6. The predicted octanol–water partition coefficient (Wildman–Crippen LogP) is 6.52. The van der Waals surface area contributed by atoms with E-state index in [-0.39, 0.29) is 5.92 Å². The molecular weight excluding hydrogens is 318 g/mol. The van der Waals surface area contributed by atoms with Gasteiger partial charge in [0.15, 0.2) is 0 Å². The Labute approximate surface area is 154 Å². The van der Waals surface area contributed by atoms with Gasteiger partial charge in [0.2, 0.25) is 0 Å². The van der Waals surface area contributed by atoms with Crippen LogP contribution in [-0.4, -0.2) is 22.8 Å². The Balaban J connectivity index is 3.67. The van der Waals surface area contributed by atoms with Crippen LogP contribution in [0.25, 0.3) is 0 Å². The van der Waals surface area contributed by atoms with Crippen molar-refractivity contribution >= 4 is 23.3 Å². The molecule has 3 nitrogen and oxygen atoms in total. The summed E-state index contributed by atoms with van der Waals surface area (Å²) in [4.78, 5) is 15.2. The van der Waals surface area contributed by atoms with Crippen molar-refractivity contribution in [2.75, 3.05) is 6.54 Å². The molecule has 0 rings (SSSR count). The third-order valence-electron chi connectivity index (χ3n) is 4.72. The Hall–Kier alpha value is -0.730. The second kappa shape index (κ2) is 17.1. The summed E-state index contributed by atoms with van der Waals surface area (Å²) in [6.45, 7) is 5.04. The minimum Gasteiger partial charge on any atom is -0.481 e. The molecule has 4 heteroatoms. The van der Waals surface area contributed by atoms with Crippen molar-refractivity contribution in [2.24, 2.45) is 16.8 Å². The summed E-state index contributed by atoms with van der Waals surface area (Å²) in [5.41, 5.74) is 0. The summed E-state index contributed by atoms with van der Waals surface area (Å²) in [6.07, 6.45) is 15.5. The molecule has 24 heavy (non-hydrogen) atoms. The third-order valence-corrected chi connectivity index (χ3v) is 4.85. The van der Waals surface area contributed by atoms with Gasteiger partial charge in [0.05, 0.1) is 11.1 Å². The highest BCUT2D eigenvalue weighted by atomic mass is 32.1. The number of aliphatic imine (C=N–C) groups is 1. The molecule has 0 fully saturated rings. The third kappa shape index (κ3) is 14.8. The van der Waals surface area contributed by atoms with E-state index in [2.05, 4.69) is 36.2 Å². The average molecular weight is 356 g/mol. The number of carboxylic acid groups (broad SMARTS) is 1. The van der Waals surface area contributed by atoms with Gasteiger partial charge >= 0.3 is 5.97 Å². The van der Waals surface area contributed by atoms with E-state index in [1.54, 1.807) is 0 Å². The SMILES string of the molecule is CCCCCCCCCCCC(C)CC(CCCN=C=S)C(=O)O. The summed E-state index contributed by atoms with van der Waals surface area (Å²) in [7, 11) is 0. The molecule has 0 bridgehead atoms. The first-order valence-electron chi connectivity index (χ1n) is 9.88. The Kier molecular flexibility index (Phi) is 16.6. The fourth-order valence-electron chi connectivity index (χ4n) is 3.21. The fourth-order valence-corrected chi connectivity index (χ4v) is 3.30. The van der Waals surface area contributed by atoms with Crippen LogP contribution in [0, 0.1) is 11.8 Å². The van der Waals surface area contributed by atoms with Crippen LogP contribution < -0.4 is 0 Å². The minimum absolute atomic E-state index is 0.237. The highest BCUT2D eigenvalue weighted by molar-refractivity contribution is 7.78. The number of unbranched alkanes of at least 4 members (excludes halogenated alkanes) is 8. The molecule has 0 saturated heterocycles. The Morgan fingerprint density at radius 1 is 1.00 bits per heavy atom. The monoisotopic (exact) mass is 355 g/mol. The van der Waals surface area contributed by atoms with Crippen LogP contribution in [0.4, 0.5) is 0 Å². The second-order valence-electron chi connectivity index (χ2n) is 7.11. The molecule has 140 valence electrons. The van der Waals surface area contributed by atoms with Crippen LogP contribution in [0.2, 0.25) is 0 Å². The Bertz CT molecular complexity index is 354. The topological polar surface area (TPSA) is 49.7 Å². The van der Waals surface area contributed by atoms with E-state index in [0.717, 1.165) is 19.3 Å². The quantitative estimate of drug-likeness (QED) is 0.184. The van der Waals surface area contributed by atoms with E-state index in [9.17, 15) is 9.90 Å². The summed E-state index contributed by atoms with van der Waals surface area (Å²) >= 11 is 4.52. The van der Waals surface area contributed by atoms with E-state index in [1.165, 1.54) is 57.8 Å². The molecule has 0 amide bonds. The molecule has 0 saturated carbocycles. The van der Waals surface area contributed by atoms with Gasteiger partial charge in [-0.15, -0.1) is 0 Å². The molecule has 1 N–H and O–H groups in total. The van der Waals surface area contributed by atoms with Crippen LogP contribution in [-0.2, 0) is 4.79 Å². The van der Waals surface area contributed by atoms with Gasteiger partial charge in [0.1, 0.15) is 0 Å². The molecule has 0 radical (unpaired) electrons. The molecule has 0 heterocycles. The van der Waals surface area contributed by atoms with Crippen LogP contribution in [0.5, 0.6) is 0 Å². The molecule has 0 aromatic heterocycles. The highest BCUT2D eigenvalue weighted by Gasteiger charge is 2.19. The van der Waals surface area contributed by atoms with Crippen LogP contribution in [0.3, 0.4) is 0 Å². The number of isothiocyanates is 1. The zero-order valence-corrected chi connectivity index (χ0v) is 16.6. The van der Waals surface area contributed by atoms with Gasteiger partial charge in [0.25, 0.3) is 0 Å². The van der Waals surface area contributed by atoms with Crippen LogP contribution >= 0.6 is 12.2 Å². The normalized spacial score (nSPS) is 13.2. The van der Waals surface area contributed by atoms with Gasteiger partial charge in [-0.25, -0.2) is 4.99 Å². The van der Waals surface area contributed by atoms with Gasteiger partial charge in [-0.3, -0.25) is 4.79 Å². The van der Waals surface area contributed by atoms with E-state index >= 15 is 0 Å². The number of carboxylic acids is 1. The van der Waals surface area contributed by atoms with Gasteiger partial charge in [0, 0.05) is 6.54 Å². The summed E-state index contributed by atoms with van der Waals surface area (Å²) in [5, 5.41) is 11.7.